The van der Waals surface area contributed by atoms with E-state index in [-0.39, 0.29) is 70.1 Å². The SMILES string of the molecule is C/C=C\C(=O)N(C=O)CCC(=O)NCC1(OCC(=O)NCCC=O)CN(C(=O)CC(C)(C)OCCC(C)(C)OC)C1. The highest BCUT2D eigenvalue weighted by Crippen LogP contribution is 2.28. The molecule has 0 atom stereocenters. The molecule has 13 nitrogen and oxygen atoms in total. The lowest BCUT2D eigenvalue weighted by atomic mass is 9.91. The van der Waals surface area contributed by atoms with Crippen molar-refractivity contribution in [1.82, 2.24) is 20.4 Å². The number of ether oxygens (including phenoxy) is 3. The van der Waals surface area contributed by atoms with Crippen LogP contribution in [-0.2, 0) is 43.0 Å². The molecule has 0 spiro atoms. The molecule has 1 fully saturated rings. The highest BCUT2D eigenvalue weighted by atomic mass is 16.5. The molecule has 1 heterocycles. The minimum Gasteiger partial charge on any atom is -0.379 e. The standard InChI is InChI=1S/C28H46N4O9/c1-7-9-24(37)31(21-34)13-10-22(35)30-18-28(41-17-23(36)29-12-8-14-33)19-32(20-28)25(38)16-27(4,5)40-15-11-26(2,3)39-6/h7,9,14,21H,8,10-13,15-20H2,1-6H3,(H,29,36)(H,30,35)/b9-7-. The number of aldehydes is 1. The smallest absolute Gasteiger partial charge is 0.252 e. The van der Waals surface area contributed by atoms with Gasteiger partial charge in [-0.05, 0) is 47.1 Å². The number of nitrogens with zero attached hydrogens (tertiary/aromatic N) is 2. The first kappa shape index (κ1) is 35.9. The number of methoxy groups -OCH3 is 1. The number of rotatable bonds is 20. The molecule has 13 heteroatoms. The number of nitrogens with one attached hydrogen (secondary N) is 2. The molecule has 0 aromatic heterocycles. The number of hydrogen-bond donors (Lipinski definition) is 2. The number of likely N-dealkylation sites (tertiary alicyclic amines) is 1. The van der Waals surface area contributed by atoms with E-state index in [0.717, 1.165) is 4.90 Å². The largest absolute Gasteiger partial charge is 0.379 e. The maximum absolute atomic E-state index is 13.0. The van der Waals surface area contributed by atoms with Crippen LogP contribution in [0.25, 0.3) is 0 Å². The zero-order valence-electron chi connectivity index (χ0n) is 25.2. The summed E-state index contributed by atoms with van der Waals surface area (Å²) >= 11 is 0. The average molecular weight is 583 g/mol. The predicted octanol–water partition coefficient (Wildman–Crippen LogP) is 0.357. The van der Waals surface area contributed by atoms with Gasteiger partial charge >= 0.3 is 0 Å². The van der Waals surface area contributed by atoms with Gasteiger partial charge in [0.15, 0.2) is 0 Å². The number of imide groups is 1. The summed E-state index contributed by atoms with van der Waals surface area (Å²) in [5.74, 6) is -1.55. The predicted molar refractivity (Wildman–Crippen MR) is 150 cm³/mol. The normalized spacial score (nSPS) is 14.7. The van der Waals surface area contributed by atoms with E-state index in [0.29, 0.717) is 25.7 Å². The van der Waals surface area contributed by atoms with Crippen molar-refractivity contribution in [3.05, 3.63) is 12.2 Å². The van der Waals surface area contributed by atoms with Crippen molar-refractivity contribution in [2.75, 3.05) is 53.0 Å². The summed E-state index contributed by atoms with van der Waals surface area (Å²) in [6, 6.07) is 0. The van der Waals surface area contributed by atoms with Gasteiger partial charge in [-0.3, -0.25) is 28.9 Å². The average Bonchev–Trinajstić information content (AvgIpc) is 2.87. The summed E-state index contributed by atoms with van der Waals surface area (Å²) in [5.41, 5.74) is -2.07. The molecule has 0 aromatic carbocycles. The van der Waals surface area contributed by atoms with E-state index in [2.05, 4.69) is 10.6 Å². The fourth-order valence-electron chi connectivity index (χ4n) is 3.85. The first-order chi connectivity index (χ1) is 19.2. The fraction of sp³-hybridized carbons (Fsp3) is 0.714. The van der Waals surface area contributed by atoms with Gasteiger partial charge in [-0.1, -0.05) is 6.08 Å². The molecular formula is C28H46N4O9. The Morgan fingerprint density at radius 2 is 1.71 bits per heavy atom. The Balaban J connectivity index is 2.73. The molecule has 1 saturated heterocycles. The lowest BCUT2D eigenvalue weighted by Crippen LogP contribution is -2.69. The number of allylic oxidation sites excluding steroid dienone is 1. The Morgan fingerprint density at radius 1 is 1.02 bits per heavy atom. The van der Waals surface area contributed by atoms with Crippen LogP contribution in [0.4, 0.5) is 0 Å². The summed E-state index contributed by atoms with van der Waals surface area (Å²) in [6.07, 6.45) is 4.59. The lowest BCUT2D eigenvalue weighted by molar-refractivity contribution is -0.175. The van der Waals surface area contributed by atoms with Gasteiger partial charge in [-0.25, -0.2) is 0 Å². The molecule has 0 radical (unpaired) electrons. The highest BCUT2D eigenvalue weighted by molar-refractivity contribution is 5.95. The van der Waals surface area contributed by atoms with Crippen LogP contribution in [0.5, 0.6) is 0 Å². The molecule has 41 heavy (non-hydrogen) atoms. The minimum atomic E-state index is -1.01. The van der Waals surface area contributed by atoms with Crippen LogP contribution < -0.4 is 10.6 Å². The van der Waals surface area contributed by atoms with Crippen molar-refractivity contribution < 1.29 is 43.0 Å². The second-order valence-corrected chi connectivity index (χ2v) is 11.2. The molecule has 0 unspecified atom stereocenters. The molecule has 1 aliphatic heterocycles. The molecule has 1 aliphatic rings. The van der Waals surface area contributed by atoms with Crippen molar-refractivity contribution in [1.29, 1.82) is 0 Å². The Labute approximate surface area is 242 Å². The van der Waals surface area contributed by atoms with Gasteiger partial charge in [0.1, 0.15) is 18.5 Å². The first-order valence-corrected chi connectivity index (χ1v) is 13.7. The number of carbonyl (C=O) groups is 6. The Bertz CT molecular complexity index is 943. The Hall–Kier alpha value is -3.16. The first-order valence-electron chi connectivity index (χ1n) is 13.7. The molecule has 232 valence electrons. The summed E-state index contributed by atoms with van der Waals surface area (Å²) in [6.45, 7) is 9.67. The van der Waals surface area contributed by atoms with E-state index in [1.54, 1.807) is 18.9 Å². The Morgan fingerprint density at radius 3 is 2.29 bits per heavy atom. The third-order valence-electron chi connectivity index (χ3n) is 6.64. The van der Waals surface area contributed by atoms with Crippen LogP contribution in [0.2, 0.25) is 0 Å². The quantitative estimate of drug-likeness (QED) is 0.117. The number of carbonyl (C=O) groups excluding carboxylic acids is 6. The van der Waals surface area contributed by atoms with E-state index in [1.807, 2.05) is 27.7 Å². The minimum absolute atomic E-state index is 0.00707. The second kappa shape index (κ2) is 16.9. The zero-order valence-corrected chi connectivity index (χ0v) is 25.2. The van der Waals surface area contributed by atoms with Crippen LogP contribution in [0.3, 0.4) is 0 Å². The second-order valence-electron chi connectivity index (χ2n) is 11.2. The van der Waals surface area contributed by atoms with Gasteiger partial charge < -0.3 is 34.5 Å². The third-order valence-corrected chi connectivity index (χ3v) is 6.64. The third kappa shape index (κ3) is 13.4. The van der Waals surface area contributed by atoms with Crippen LogP contribution in [0.1, 0.15) is 60.3 Å². The van der Waals surface area contributed by atoms with Crippen LogP contribution in [0, 0.1) is 0 Å². The summed E-state index contributed by atoms with van der Waals surface area (Å²) in [4.78, 5) is 73.6. The van der Waals surface area contributed by atoms with Crippen molar-refractivity contribution in [3.63, 3.8) is 0 Å². The van der Waals surface area contributed by atoms with Gasteiger partial charge in [-0.2, -0.15) is 0 Å². The highest BCUT2D eigenvalue weighted by Gasteiger charge is 2.47. The van der Waals surface area contributed by atoms with E-state index >= 15 is 0 Å². The maximum Gasteiger partial charge on any atom is 0.252 e. The molecule has 1 rings (SSSR count). The van der Waals surface area contributed by atoms with Gasteiger partial charge in [0.25, 0.3) is 5.91 Å². The summed E-state index contributed by atoms with van der Waals surface area (Å²) in [7, 11) is 1.64. The van der Waals surface area contributed by atoms with Crippen molar-refractivity contribution >= 4 is 36.3 Å². The molecule has 5 amide bonds. The summed E-state index contributed by atoms with van der Waals surface area (Å²) < 4.78 is 17.2. The maximum atomic E-state index is 13.0. The molecule has 0 aliphatic carbocycles. The Kier molecular flexibility index (Phi) is 14.8. The molecule has 2 N–H and O–H groups in total. The van der Waals surface area contributed by atoms with E-state index in [1.165, 1.54) is 12.2 Å². The van der Waals surface area contributed by atoms with Gasteiger partial charge in [-0.15, -0.1) is 0 Å². The van der Waals surface area contributed by atoms with Crippen LogP contribution >= 0.6 is 0 Å². The topological polar surface area (TPSA) is 161 Å². The van der Waals surface area contributed by atoms with E-state index in [4.69, 9.17) is 14.2 Å². The molecule has 0 aromatic rings. The van der Waals surface area contributed by atoms with Crippen molar-refractivity contribution in [2.45, 2.75) is 77.1 Å². The van der Waals surface area contributed by atoms with Crippen molar-refractivity contribution in [3.8, 4) is 0 Å². The fourth-order valence-corrected chi connectivity index (χ4v) is 3.85. The number of amides is 5. The van der Waals surface area contributed by atoms with E-state index in [9.17, 15) is 28.8 Å². The van der Waals surface area contributed by atoms with Crippen LogP contribution in [0.15, 0.2) is 12.2 Å². The monoisotopic (exact) mass is 582 g/mol. The number of hydrogen-bond acceptors (Lipinski definition) is 9. The lowest BCUT2D eigenvalue weighted by Gasteiger charge is -2.50. The molecule has 0 bridgehead atoms. The van der Waals surface area contributed by atoms with Gasteiger partial charge in [0.05, 0.1) is 43.9 Å². The zero-order chi connectivity index (χ0) is 31.1. The molecule has 0 saturated carbocycles. The van der Waals surface area contributed by atoms with Gasteiger partial charge in [0.2, 0.25) is 24.1 Å². The van der Waals surface area contributed by atoms with Crippen molar-refractivity contribution in [2.24, 2.45) is 0 Å². The summed E-state index contributed by atoms with van der Waals surface area (Å²) in [5, 5.41) is 5.28. The van der Waals surface area contributed by atoms with Crippen LogP contribution in [-0.4, -0.2) is 116 Å². The molecular weight excluding hydrogens is 536 g/mol. The van der Waals surface area contributed by atoms with E-state index < -0.39 is 28.9 Å². The van der Waals surface area contributed by atoms with Gasteiger partial charge in [0, 0.05) is 33.0 Å².